The van der Waals surface area contributed by atoms with Gasteiger partial charge in [0.05, 0.1) is 28.0 Å². The Morgan fingerprint density at radius 3 is 2.80 bits per heavy atom. The first-order valence-corrected chi connectivity index (χ1v) is 7.62. The summed E-state index contributed by atoms with van der Waals surface area (Å²) in [7, 11) is 0. The predicted octanol–water partition coefficient (Wildman–Crippen LogP) is 0.908. The number of thioether (sulfide) groups is 1. The third-order valence-electron chi connectivity index (χ3n) is 3.51. The maximum Gasteiger partial charge on any atom is 0.305 e. The number of aromatic nitrogens is 1. The Bertz CT molecular complexity index is 761. The van der Waals surface area contributed by atoms with E-state index in [-0.39, 0.29) is 22.6 Å². The van der Waals surface area contributed by atoms with E-state index in [9.17, 15) is 14.4 Å². The fraction of sp³-hybridized carbons (Fsp3) is 0.250. The van der Waals surface area contributed by atoms with Crippen LogP contribution in [0.5, 0.6) is 0 Å². The van der Waals surface area contributed by atoms with Crippen LogP contribution in [-0.2, 0) is 9.59 Å². The highest BCUT2D eigenvalue weighted by Crippen LogP contribution is 2.50. The van der Waals surface area contributed by atoms with E-state index >= 15 is 0 Å². The molecule has 4 heterocycles. The van der Waals surface area contributed by atoms with Crippen molar-refractivity contribution in [1.82, 2.24) is 10.3 Å². The minimum atomic E-state index is -0.530. The second-order valence-corrected chi connectivity index (χ2v) is 6.79. The van der Waals surface area contributed by atoms with Crippen LogP contribution in [-0.4, -0.2) is 22.0 Å². The van der Waals surface area contributed by atoms with Gasteiger partial charge in [-0.25, -0.2) is 0 Å². The number of carbonyl (C=O) groups excluding carboxylic acids is 2. The molecule has 1 fully saturated rings. The summed E-state index contributed by atoms with van der Waals surface area (Å²) in [5.74, 6) is -0.930. The Labute approximate surface area is 120 Å². The highest BCUT2D eigenvalue weighted by atomic mass is 32.2. The first-order chi connectivity index (χ1) is 9.65. The zero-order valence-electron chi connectivity index (χ0n) is 9.91. The molecule has 3 atom stereocenters. The van der Waals surface area contributed by atoms with E-state index in [1.807, 2.05) is 0 Å². The monoisotopic (exact) mass is 308 g/mol. The smallest absolute Gasteiger partial charge is 0.305 e. The van der Waals surface area contributed by atoms with Crippen molar-refractivity contribution >= 4 is 34.9 Å². The molecule has 2 aromatic rings. The zero-order chi connectivity index (χ0) is 13.9. The third-order valence-corrected chi connectivity index (χ3v) is 5.93. The second-order valence-electron chi connectivity index (χ2n) is 4.62. The van der Waals surface area contributed by atoms with Gasteiger partial charge in [-0.05, 0) is 12.1 Å². The summed E-state index contributed by atoms with van der Waals surface area (Å²) in [5, 5.41) is 2.50. The van der Waals surface area contributed by atoms with Gasteiger partial charge in [0.25, 0.3) is 0 Å². The number of fused-ring (bicyclic) bond motifs is 2. The lowest BCUT2D eigenvalue weighted by atomic mass is 9.87. The minimum Gasteiger partial charge on any atom is -0.469 e. The van der Waals surface area contributed by atoms with Crippen LogP contribution in [0, 0.1) is 5.92 Å². The van der Waals surface area contributed by atoms with Gasteiger partial charge >= 0.3 is 4.87 Å². The van der Waals surface area contributed by atoms with Gasteiger partial charge in [0.2, 0.25) is 11.8 Å². The van der Waals surface area contributed by atoms with E-state index in [2.05, 4.69) is 10.3 Å². The lowest BCUT2D eigenvalue weighted by Crippen LogP contribution is -2.30. The number of furan rings is 1. The molecule has 0 aromatic carbocycles. The Morgan fingerprint density at radius 2 is 2.05 bits per heavy atom. The molecule has 0 bridgehead atoms. The van der Waals surface area contributed by atoms with Crippen molar-refractivity contribution in [3.63, 3.8) is 0 Å². The number of thiazole rings is 1. The summed E-state index contributed by atoms with van der Waals surface area (Å²) >= 11 is 2.31. The van der Waals surface area contributed by atoms with Crippen LogP contribution in [0.4, 0.5) is 0 Å². The van der Waals surface area contributed by atoms with Gasteiger partial charge in [-0.3, -0.25) is 19.7 Å². The zero-order valence-corrected chi connectivity index (χ0v) is 11.5. The molecular weight excluding hydrogens is 300 g/mol. The minimum absolute atomic E-state index is 0.188. The predicted molar refractivity (Wildman–Crippen MR) is 71.8 cm³/mol. The second kappa shape index (κ2) is 4.10. The molecule has 2 aliphatic rings. The number of hydrogen-bond acceptors (Lipinski definition) is 6. The van der Waals surface area contributed by atoms with Crippen molar-refractivity contribution in [2.75, 3.05) is 0 Å². The van der Waals surface area contributed by atoms with E-state index < -0.39 is 11.2 Å². The van der Waals surface area contributed by atoms with Gasteiger partial charge in [0, 0.05) is 0 Å². The lowest BCUT2D eigenvalue weighted by Gasteiger charge is -2.27. The van der Waals surface area contributed by atoms with E-state index in [1.54, 1.807) is 12.1 Å². The topological polar surface area (TPSA) is 92.2 Å². The van der Waals surface area contributed by atoms with Crippen LogP contribution in [0.15, 0.2) is 32.6 Å². The van der Waals surface area contributed by atoms with Crippen molar-refractivity contribution in [3.8, 4) is 0 Å². The van der Waals surface area contributed by atoms with E-state index in [0.717, 1.165) is 16.2 Å². The highest BCUT2D eigenvalue weighted by molar-refractivity contribution is 8.00. The standard InChI is InChI=1S/C12H8N2O4S2/c15-9-6-5(4-2-1-3-18-4)8-11(14-12(17)20-8)19-7(6)10(16)13-9/h1-3,5-7H,(H,14,17)(H,13,15,16)/t5-,6-,7-/m1/s1. The summed E-state index contributed by atoms with van der Waals surface area (Å²) in [6.07, 6.45) is 1.52. The molecule has 2 amide bonds. The summed E-state index contributed by atoms with van der Waals surface area (Å²) < 4.78 is 5.42. The fourth-order valence-corrected chi connectivity index (χ4v) is 5.17. The van der Waals surface area contributed by atoms with Crippen molar-refractivity contribution in [3.05, 3.63) is 38.7 Å². The molecule has 0 spiro atoms. The van der Waals surface area contributed by atoms with Crippen LogP contribution >= 0.6 is 23.1 Å². The fourth-order valence-electron chi connectivity index (χ4n) is 2.71. The molecule has 6 nitrogen and oxygen atoms in total. The number of nitrogens with one attached hydrogen (secondary N) is 2. The molecule has 8 heteroatoms. The van der Waals surface area contributed by atoms with Crippen molar-refractivity contribution < 1.29 is 14.0 Å². The Kier molecular flexibility index (Phi) is 2.45. The first kappa shape index (κ1) is 12.0. The van der Waals surface area contributed by atoms with Crippen LogP contribution in [0.1, 0.15) is 16.6 Å². The van der Waals surface area contributed by atoms with E-state index in [4.69, 9.17) is 4.42 Å². The average molecular weight is 308 g/mol. The molecule has 0 unspecified atom stereocenters. The quantitative estimate of drug-likeness (QED) is 0.764. The normalized spacial score (nSPS) is 28.1. The number of H-pyrrole nitrogens is 1. The Balaban J connectivity index is 1.94. The largest absolute Gasteiger partial charge is 0.469 e. The van der Waals surface area contributed by atoms with Crippen LogP contribution in [0.2, 0.25) is 0 Å². The molecule has 2 aliphatic heterocycles. The van der Waals surface area contributed by atoms with Crippen LogP contribution < -0.4 is 10.2 Å². The maximum absolute atomic E-state index is 12.1. The third kappa shape index (κ3) is 1.55. The number of aromatic amines is 1. The van der Waals surface area contributed by atoms with Crippen molar-refractivity contribution in [2.24, 2.45) is 5.92 Å². The van der Waals surface area contributed by atoms with E-state index in [0.29, 0.717) is 10.8 Å². The Hall–Kier alpha value is -1.80. The summed E-state index contributed by atoms with van der Waals surface area (Å²) in [6, 6.07) is 3.50. The molecule has 1 saturated heterocycles. The van der Waals surface area contributed by atoms with Crippen LogP contribution in [0.25, 0.3) is 0 Å². The SMILES string of the molecule is O=C1NC(=O)[C@@H]2Sc3[nH]c(=O)sc3[C@H](c3ccco3)[C@@H]12. The molecular formula is C12H8N2O4S2. The molecule has 102 valence electrons. The number of amides is 2. The van der Waals surface area contributed by atoms with Crippen LogP contribution in [0.3, 0.4) is 0 Å². The maximum atomic E-state index is 12.1. The molecule has 4 rings (SSSR count). The van der Waals surface area contributed by atoms with Gasteiger partial charge in [-0.15, -0.1) is 0 Å². The highest BCUT2D eigenvalue weighted by Gasteiger charge is 2.53. The molecule has 2 N–H and O–H groups in total. The first-order valence-electron chi connectivity index (χ1n) is 5.93. The van der Waals surface area contributed by atoms with Gasteiger partial charge in [0.1, 0.15) is 11.0 Å². The summed E-state index contributed by atoms with van der Waals surface area (Å²) in [4.78, 5) is 38.8. The molecule has 0 radical (unpaired) electrons. The van der Waals surface area contributed by atoms with Gasteiger partial charge in [-0.2, -0.15) is 0 Å². The number of rotatable bonds is 1. The van der Waals surface area contributed by atoms with Crippen molar-refractivity contribution in [1.29, 1.82) is 0 Å². The molecule has 0 saturated carbocycles. The number of imide groups is 1. The molecule has 2 aromatic heterocycles. The van der Waals surface area contributed by atoms with Gasteiger partial charge < -0.3 is 9.40 Å². The Morgan fingerprint density at radius 1 is 1.20 bits per heavy atom. The molecule has 20 heavy (non-hydrogen) atoms. The van der Waals surface area contributed by atoms with Crippen molar-refractivity contribution in [2.45, 2.75) is 16.2 Å². The van der Waals surface area contributed by atoms with Gasteiger partial charge in [0.15, 0.2) is 0 Å². The lowest BCUT2D eigenvalue weighted by molar-refractivity contribution is -0.125. The average Bonchev–Trinajstić information content (AvgIpc) is 3.08. The number of carbonyl (C=O) groups is 2. The number of hydrogen-bond donors (Lipinski definition) is 2. The van der Waals surface area contributed by atoms with E-state index in [1.165, 1.54) is 18.0 Å². The molecule has 0 aliphatic carbocycles. The van der Waals surface area contributed by atoms with Gasteiger partial charge in [-0.1, -0.05) is 23.1 Å². The summed E-state index contributed by atoms with van der Waals surface area (Å²) in [5.41, 5.74) is 0. The summed E-state index contributed by atoms with van der Waals surface area (Å²) in [6.45, 7) is 0.